The molecule has 2 fully saturated rings. The fourth-order valence-corrected chi connectivity index (χ4v) is 3.51. The first-order valence-corrected chi connectivity index (χ1v) is 8.94. The maximum atomic E-state index is 13.9. The fourth-order valence-electron chi connectivity index (χ4n) is 3.51. The number of halogens is 1. The van der Waals surface area contributed by atoms with E-state index in [1.54, 1.807) is 6.07 Å². The van der Waals surface area contributed by atoms with Gasteiger partial charge in [0.1, 0.15) is 23.5 Å². The van der Waals surface area contributed by atoms with Crippen LogP contribution in [0.25, 0.3) is 10.9 Å². The van der Waals surface area contributed by atoms with Gasteiger partial charge in [0.25, 0.3) is 0 Å². The van der Waals surface area contributed by atoms with E-state index in [1.165, 1.54) is 12.4 Å². The van der Waals surface area contributed by atoms with Gasteiger partial charge in [0, 0.05) is 44.7 Å². The van der Waals surface area contributed by atoms with Gasteiger partial charge >= 0.3 is 0 Å². The van der Waals surface area contributed by atoms with Crippen molar-refractivity contribution in [2.45, 2.75) is 0 Å². The highest BCUT2D eigenvalue weighted by atomic mass is 19.1. The largest absolute Gasteiger partial charge is 0.379 e. The molecule has 4 rings (SSSR count). The number of benzene rings is 1. The number of hydrogen-bond acceptors (Lipinski definition) is 6. The van der Waals surface area contributed by atoms with Crippen LogP contribution in [0, 0.1) is 5.82 Å². The molecule has 7 nitrogen and oxygen atoms in total. The number of morpholine rings is 1. The van der Waals surface area contributed by atoms with E-state index in [0.29, 0.717) is 56.8 Å². The second-order valence-corrected chi connectivity index (χ2v) is 6.59. The van der Waals surface area contributed by atoms with Gasteiger partial charge in [-0.3, -0.25) is 9.69 Å². The zero-order valence-electron chi connectivity index (χ0n) is 14.6. The van der Waals surface area contributed by atoms with Crippen molar-refractivity contribution in [3.8, 4) is 0 Å². The van der Waals surface area contributed by atoms with Gasteiger partial charge in [0.05, 0.1) is 19.8 Å². The van der Waals surface area contributed by atoms with Gasteiger partial charge in [0.2, 0.25) is 5.91 Å². The lowest BCUT2D eigenvalue weighted by atomic mass is 10.2. The number of piperazine rings is 1. The molecule has 26 heavy (non-hydrogen) atoms. The van der Waals surface area contributed by atoms with Crippen LogP contribution in [0.4, 0.5) is 10.2 Å². The monoisotopic (exact) mass is 359 g/mol. The first-order valence-electron chi connectivity index (χ1n) is 8.94. The summed E-state index contributed by atoms with van der Waals surface area (Å²) in [7, 11) is 0. The Kier molecular flexibility index (Phi) is 4.94. The number of nitrogens with zero attached hydrogens (tertiary/aromatic N) is 5. The van der Waals surface area contributed by atoms with Crippen molar-refractivity contribution in [3.05, 3.63) is 30.3 Å². The number of rotatable bonds is 3. The SMILES string of the molecule is O=C(CN1CCOCC1)N1CCN(c2ncnc3c(F)cccc23)CC1. The predicted octanol–water partition coefficient (Wildman–Crippen LogP) is 0.750. The molecule has 0 radical (unpaired) electrons. The molecule has 8 heteroatoms. The first-order chi connectivity index (χ1) is 12.7. The van der Waals surface area contributed by atoms with Crippen molar-refractivity contribution in [2.24, 2.45) is 0 Å². The van der Waals surface area contributed by atoms with E-state index >= 15 is 0 Å². The average Bonchev–Trinajstić information content (AvgIpc) is 2.69. The van der Waals surface area contributed by atoms with E-state index in [4.69, 9.17) is 4.74 Å². The summed E-state index contributed by atoms with van der Waals surface area (Å²) >= 11 is 0. The van der Waals surface area contributed by atoms with Crippen molar-refractivity contribution in [2.75, 3.05) is 63.9 Å². The summed E-state index contributed by atoms with van der Waals surface area (Å²) in [6.07, 6.45) is 1.40. The molecule has 0 bridgehead atoms. The number of hydrogen-bond donors (Lipinski definition) is 0. The second kappa shape index (κ2) is 7.51. The summed E-state index contributed by atoms with van der Waals surface area (Å²) in [6, 6.07) is 4.91. The van der Waals surface area contributed by atoms with Crippen molar-refractivity contribution in [1.82, 2.24) is 19.8 Å². The Bertz CT molecular complexity index is 788. The summed E-state index contributed by atoms with van der Waals surface area (Å²) in [6.45, 7) is 6.10. The average molecular weight is 359 g/mol. The Morgan fingerprint density at radius 1 is 1.08 bits per heavy atom. The van der Waals surface area contributed by atoms with Crippen LogP contribution in [-0.4, -0.2) is 84.7 Å². The van der Waals surface area contributed by atoms with E-state index in [-0.39, 0.29) is 11.7 Å². The summed E-state index contributed by atoms with van der Waals surface area (Å²) in [5.41, 5.74) is 0.336. The van der Waals surface area contributed by atoms with Gasteiger partial charge in [-0.25, -0.2) is 14.4 Å². The third kappa shape index (κ3) is 3.47. The van der Waals surface area contributed by atoms with Crippen LogP contribution in [-0.2, 0) is 9.53 Å². The van der Waals surface area contributed by atoms with Crippen LogP contribution in [0.1, 0.15) is 0 Å². The van der Waals surface area contributed by atoms with Gasteiger partial charge in [-0.2, -0.15) is 0 Å². The first kappa shape index (κ1) is 17.1. The van der Waals surface area contributed by atoms with Crippen molar-refractivity contribution >= 4 is 22.6 Å². The number of fused-ring (bicyclic) bond motifs is 1. The molecule has 0 saturated carbocycles. The van der Waals surface area contributed by atoms with Crippen LogP contribution in [0.15, 0.2) is 24.5 Å². The number of amides is 1. The highest BCUT2D eigenvalue weighted by Gasteiger charge is 2.25. The zero-order chi connectivity index (χ0) is 17.9. The Hall–Kier alpha value is -2.32. The number of ether oxygens (including phenoxy) is 1. The lowest BCUT2D eigenvalue weighted by Crippen LogP contribution is -2.52. The molecular weight excluding hydrogens is 337 g/mol. The lowest BCUT2D eigenvalue weighted by Gasteiger charge is -2.37. The molecule has 2 aromatic rings. The minimum Gasteiger partial charge on any atom is -0.379 e. The molecular formula is C18H22FN5O2. The van der Waals surface area contributed by atoms with Gasteiger partial charge in [-0.05, 0) is 12.1 Å². The lowest BCUT2D eigenvalue weighted by molar-refractivity contribution is -0.133. The Labute approximate surface area is 151 Å². The molecule has 0 spiro atoms. The maximum Gasteiger partial charge on any atom is 0.236 e. The molecule has 0 unspecified atom stereocenters. The predicted molar refractivity (Wildman–Crippen MR) is 95.5 cm³/mol. The third-order valence-corrected chi connectivity index (χ3v) is 4.99. The quantitative estimate of drug-likeness (QED) is 0.806. The highest BCUT2D eigenvalue weighted by molar-refractivity contribution is 5.89. The molecule has 138 valence electrons. The van der Waals surface area contributed by atoms with Crippen LogP contribution >= 0.6 is 0 Å². The van der Waals surface area contributed by atoms with E-state index in [1.807, 2.05) is 11.0 Å². The van der Waals surface area contributed by atoms with Gasteiger partial charge in [-0.1, -0.05) is 6.07 Å². The molecule has 1 aromatic carbocycles. The zero-order valence-corrected chi connectivity index (χ0v) is 14.6. The number of carbonyl (C=O) groups is 1. The minimum absolute atomic E-state index is 0.158. The van der Waals surface area contributed by atoms with Crippen LogP contribution in [0.3, 0.4) is 0 Å². The second-order valence-electron chi connectivity index (χ2n) is 6.59. The van der Waals surface area contributed by atoms with Crippen molar-refractivity contribution < 1.29 is 13.9 Å². The molecule has 2 aliphatic heterocycles. The van der Waals surface area contributed by atoms with Crippen LogP contribution in [0.2, 0.25) is 0 Å². The highest BCUT2D eigenvalue weighted by Crippen LogP contribution is 2.25. The van der Waals surface area contributed by atoms with Crippen LogP contribution < -0.4 is 4.90 Å². The van der Waals surface area contributed by atoms with E-state index < -0.39 is 0 Å². The number of anilines is 1. The van der Waals surface area contributed by atoms with Gasteiger partial charge in [0.15, 0.2) is 0 Å². The van der Waals surface area contributed by atoms with Gasteiger partial charge < -0.3 is 14.5 Å². The normalized spacial score (nSPS) is 19.1. The molecule has 0 N–H and O–H groups in total. The minimum atomic E-state index is -0.342. The Morgan fingerprint density at radius 3 is 2.62 bits per heavy atom. The molecule has 2 aliphatic rings. The van der Waals surface area contributed by atoms with Crippen LogP contribution in [0.5, 0.6) is 0 Å². The molecule has 3 heterocycles. The third-order valence-electron chi connectivity index (χ3n) is 4.99. The topological polar surface area (TPSA) is 61.8 Å². The fraction of sp³-hybridized carbons (Fsp3) is 0.500. The van der Waals surface area contributed by atoms with Crippen molar-refractivity contribution in [3.63, 3.8) is 0 Å². The molecule has 2 saturated heterocycles. The Balaban J connectivity index is 1.41. The van der Waals surface area contributed by atoms with E-state index in [9.17, 15) is 9.18 Å². The standard InChI is InChI=1S/C18H22FN5O2/c19-15-3-1-2-14-17(15)20-13-21-18(14)24-6-4-23(5-7-24)16(25)12-22-8-10-26-11-9-22/h1-3,13H,4-12H2. The Morgan fingerprint density at radius 2 is 1.85 bits per heavy atom. The van der Waals surface area contributed by atoms with E-state index in [0.717, 1.165) is 18.9 Å². The molecule has 0 aliphatic carbocycles. The maximum absolute atomic E-state index is 13.9. The summed E-state index contributed by atoms with van der Waals surface area (Å²) in [4.78, 5) is 27.1. The van der Waals surface area contributed by atoms with E-state index in [2.05, 4.69) is 19.8 Å². The smallest absolute Gasteiger partial charge is 0.236 e. The number of aromatic nitrogens is 2. The molecule has 1 aromatic heterocycles. The molecule has 1 amide bonds. The molecule has 0 atom stereocenters. The van der Waals surface area contributed by atoms with Gasteiger partial charge in [-0.15, -0.1) is 0 Å². The number of para-hydroxylation sites is 1. The summed E-state index contributed by atoms with van der Waals surface area (Å²) in [5.74, 6) is 0.547. The number of carbonyl (C=O) groups excluding carboxylic acids is 1. The summed E-state index contributed by atoms with van der Waals surface area (Å²) < 4.78 is 19.3. The summed E-state index contributed by atoms with van der Waals surface area (Å²) in [5, 5.41) is 0.709. The van der Waals surface area contributed by atoms with Crippen molar-refractivity contribution in [1.29, 1.82) is 0 Å².